The number of hydrogen-bond donors (Lipinski definition) is 0. The van der Waals surface area contributed by atoms with Crippen molar-refractivity contribution < 1.29 is 0 Å². The molecule has 0 saturated carbocycles. The first kappa shape index (κ1) is 21.4. The van der Waals surface area contributed by atoms with Crippen molar-refractivity contribution in [2.24, 2.45) is 0 Å². The van der Waals surface area contributed by atoms with E-state index in [0.29, 0.717) is 17.3 Å². The van der Waals surface area contributed by atoms with Crippen LogP contribution in [0.1, 0.15) is 0 Å². The molecule has 0 fully saturated rings. The first-order chi connectivity index (χ1) is 19.8. The van der Waals surface area contributed by atoms with Crippen LogP contribution in [-0.4, -0.2) is 24.9 Å². The molecule has 0 atom stereocenters. The van der Waals surface area contributed by atoms with E-state index < -0.39 is 0 Å². The fourth-order valence-electron chi connectivity index (χ4n) is 6.13. The molecule has 8 aromatic rings. The minimum absolute atomic E-state index is 0.539. The van der Waals surface area contributed by atoms with Crippen molar-refractivity contribution in [3.63, 3.8) is 0 Å². The molecule has 0 saturated heterocycles. The van der Waals surface area contributed by atoms with Crippen LogP contribution in [0, 0.1) is 0 Å². The largest absolute Gasteiger partial charge is 0.254 e. The maximum atomic E-state index is 4.95. The van der Waals surface area contributed by atoms with Crippen molar-refractivity contribution >= 4 is 43.4 Å². The van der Waals surface area contributed by atoms with Gasteiger partial charge >= 0.3 is 0 Å². The van der Waals surface area contributed by atoms with Crippen LogP contribution in [0.2, 0.25) is 0 Å². The zero-order valence-corrected chi connectivity index (χ0v) is 21.2. The lowest BCUT2D eigenvalue weighted by Crippen LogP contribution is -1.98. The monoisotopic (exact) mass is 509 g/mol. The topological polar surface area (TPSA) is 64.5 Å². The van der Waals surface area contributed by atoms with Gasteiger partial charge in [0.05, 0.1) is 11.0 Å². The molecule has 3 aromatic heterocycles. The van der Waals surface area contributed by atoms with Gasteiger partial charge in [0.15, 0.2) is 11.6 Å². The molecule has 0 bridgehead atoms. The lowest BCUT2D eigenvalue weighted by Gasteiger charge is -2.09. The molecule has 3 heterocycles. The summed E-state index contributed by atoms with van der Waals surface area (Å²) >= 11 is 0. The minimum Gasteiger partial charge on any atom is -0.254 e. The Bertz CT molecular complexity index is 2290. The van der Waals surface area contributed by atoms with Gasteiger partial charge in [-0.05, 0) is 74.1 Å². The Balaban J connectivity index is 1.22. The Morgan fingerprint density at radius 2 is 1.12 bits per heavy atom. The number of benzene rings is 5. The Kier molecular flexibility index (Phi) is 4.27. The molecule has 0 spiro atoms. The van der Waals surface area contributed by atoms with Gasteiger partial charge in [0.25, 0.3) is 0 Å². The maximum Gasteiger partial charge on any atom is 0.181 e. The van der Waals surface area contributed by atoms with E-state index in [0.717, 1.165) is 32.8 Å². The van der Waals surface area contributed by atoms with E-state index >= 15 is 0 Å². The van der Waals surface area contributed by atoms with Crippen LogP contribution in [0.4, 0.5) is 0 Å². The summed E-state index contributed by atoms with van der Waals surface area (Å²) in [5, 5.41) is 6.96. The predicted molar refractivity (Wildman–Crippen MR) is 161 cm³/mol. The van der Waals surface area contributed by atoms with Crippen molar-refractivity contribution in [3.8, 4) is 45.2 Å². The average molecular weight is 510 g/mol. The lowest BCUT2D eigenvalue weighted by molar-refractivity contribution is 1.06. The SMILES string of the molecule is c1ccc2cc3c(cc2c1)-c1cccc2c(-c4ncnc(-c5ccc6ccc7cccnc7c6n5)n4)ccc-3c12. The molecule has 9 rings (SSSR count). The molecule has 40 heavy (non-hydrogen) atoms. The van der Waals surface area contributed by atoms with Crippen LogP contribution in [0.25, 0.3) is 88.5 Å². The van der Waals surface area contributed by atoms with E-state index in [-0.39, 0.29) is 0 Å². The molecular formula is C35H19N5. The van der Waals surface area contributed by atoms with Gasteiger partial charge in [-0.25, -0.2) is 19.9 Å². The van der Waals surface area contributed by atoms with Gasteiger partial charge in [0.2, 0.25) is 0 Å². The number of hydrogen-bond acceptors (Lipinski definition) is 5. The summed E-state index contributed by atoms with van der Waals surface area (Å²) < 4.78 is 0. The van der Waals surface area contributed by atoms with Crippen molar-refractivity contribution in [2.45, 2.75) is 0 Å². The van der Waals surface area contributed by atoms with E-state index in [1.165, 1.54) is 38.4 Å². The minimum atomic E-state index is 0.539. The number of pyridine rings is 2. The average Bonchev–Trinajstić information content (AvgIpc) is 3.33. The van der Waals surface area contributed by atoms with Crippen LogP contribution in [-0.2, 0) is 0 Å². The summed E-state index contributed by atoms with van der Waals surface area (Å²) in [6.45, 7) is 0. The Morgan fingerprint density at radius 3 is 1.98 bits per heavy atom. The summed E-state index contributed by atoms with van der Waals surface area (Å²) in [6.07, 6.45) is 3.38. The fourth-order valence-corrected chi connectivity index (χ4v) is 6.13. The van der Waals surface area contributed by atoms with Crippen molar-refractivity contribution in [3.05, 3.63) is 116 Å². The maximum absolute atomic E-state index is 4.95. The number of aromatic nitrogens is 5. The molecule has 0 radical (unpaired) electrons. The van der Waals surface area contributed by atoms with Crippen LogP contribution in [0.15, 0.2) is 116 Å². The Hall–Kier alpha value is -5.55. The number of rotatable bonds is 2. The Labute approximate surface area is 228 Å². The molecule has 0 unspecified atom stereocenters. The third-order valence-electron chi connectivity index (χ3n) is 7.98. The standard InChI is InChI=1S/C35H19N5/c1-2-6-23-18-29-26-13-14-27(24-8-3-9-25(31(24)26)28(29)17-22(23)5-1)34-37-19-38-35(40-34)30-15-12-21-11-10-20-7-4-16-36-32(20)33(21)39-30/h1-19H. The zero-order valence-electron chi connectivity index (χ0n) is 21.2. The van der Waals surface area contributed by atoms with E-state index in [4.69, 9.17) is 9.97 Å². The summed E-state index contributed by atoms with van der Waals surface area (Å²) in [5.74, 6) is 1.17. The highest BCUT2D eigenvalue weighted by Crippen LogP contribution is 2.50. The summed E-state index contributed by atoms with van der Waals surface area (Å²) in [4.78, 5) is 23.6. The molecule has 5 heteroatoms. The van der Waals surface area contributed by atoms with Gasteiger partial charge in [0.1, 0.15) is 12.0 Å². The van der Waals surface area contributed by atoms with Crippen LogP contribution in [0.5, 0.6) is 0 Å². The van der Waals surface area contributed by atoms with Gasteiger partial charge in [-0.3, -0.25) is 4.98 Å². The van der Waals surface area contributed by atoms with Crippen LogP contribution >= 0.6 is 0 Å². The van der Waals surface area contributed by atoms with Gasteiger partial charge < -0.3 is 0 Å². The van der Waals surface area contributed by atoms with Crippen LogP contribution < -0.4 is 0 Å². The normalized spacial score (nSPS) is 12.0. The van der Waals surface area contributed by atoms with E-state index in [9.17, 15) is 0 Å². The lowest BCUT2D eigenvalue weighted by atomic mass is 9.98. The van der Waals surface area contributed by atoms with E-state index in [1.807, 2.05) is 18.2 Å². The van der Waals surface area contributed by atoms with Gasteiger partial charge in [0, 0.05) is 22.5 Å². The molecule has 0 amide bonds. The van der Waals surface area contributed by atoms with Crippen molar-refractivity contribution in [1.82, 2.24) is 24.9 Å². The summed E-state index contributed by atoms with van der Waals surface area (Å²) in [7, 11) is 0. The first-order valence-electron chi connectivity index (χ1n) is 13.3. The van der Waals surface area contributed by atoms with Crippen molar-refractivity contribution in [1.29, 1.82) is 0 Å². The highest BCUT2D eigenvalue weighted by atomic mass is 15.0. The highest BCUT2D eigenvalue weighted by molar-refractivity contribution is 6.20. The predicted octanol–water partition coefficient (Wildman–Crippen LogP) is 8.26. The molecule has 184 valence electrons. The summed E-state index contributed by atoms with van der Waals surface area (Å²) in [6, 6.07) is 36.2. The molecular weight excluding hydrogens is 490 g/mol. The van der Waals surface area contributed by atoms with E-state index in [2.05, 4.69) is 99.9 Å². The second kappa shape index (κ2) is 7.98. The zero-order chi connectivity index (χ0) is 26.2. The van der Waals surface area contributed by atoms with Gasteiger partial charge in [-0.1, -0.05) is 72.8 Å². The number of nitrogens with zero attached hydrogens (tertiary/aromatic N) is 5. The quantitative estimate of drug-likeness (QED) is 0.220. The molecule has 5 aromatic carbocycles. The molecule has 0 N–H and O–H groups in total. The second-order valence-electron chi connectivity index (χ2n) is 10.2. The molecule has 1 aliphatic rings. The van der Waals surface area contributed by atoms with Crippen molar-refractivity contribution in [2.75, 3.05) is 0 Å². The van der Waals surface area contributed by atoms with Gasteiger partial charge in [-0.2, -0.15) is 0 Å². The molecule has 5 nitrogen and oxygen atoms in total. The van der Waals surface area contributed by atoms with Crippen LogP contribution in [0.3, 0.4) is 0 Å². The third-order valence-corrected chi connectivity index (χ3v) is 7.98. The molecule has 1 aliphatic carbocycles. The number of fused-ring (bicyclic) bond motifs is 7. The van der Waals surface area contributed by atoms with E-state index in [1.54, 1.807) is 12.5 Å². The fraction of sp³-hybridized carbons (Fsp3) is 0. The second-order valence-corrected chi connectivity index (χ2v) is 10.2. The highest BCUT2D eigenvalue weighted by Gasteiger charge is 2.24. The Morgan fingerprint density at radius 1 is 0.425 bits per heavy atom. The third kappa shape index (κ3) is 3.00. The van der Waals surface area contributed by atoms with Gasteiger partial charge in [-0.15, -0.1) is 0 Å². The summed E-state index contributed by atoms with van der Waals surface area (Å²) in [5.41, 5.74) is 8.43. The molecule has 0 aliphatic heterocycles. The first-order valence-corrected chi connectivity index (χ1v) is 13.3. The smallest absolute Gasteiger partial charge is 0.181 e.